The Morgan fingerprint density at radius 1 is 0.969 bits per heavy atom. The summed E-state index contributed by atoms with van der Waals surface area (Å²) >= 11 is 0. The third kappa shape index (κ3) is 4.30. The van der Waals surface area contributed by atoms with E-state index in [0.717, 1.165) is 6.07 Å². The number of halogens is 3. The lowest BCUT2D eigenvalue weighted by Crippen LogP contribution is -2.51. The summed E-state index contributed by atoms with van der Waals surface area (Å²) in [7, 11) is 0. The molecule has 0 bridgehead atoms. The zero-order valence-corrected chi connectivity index (χ0v) is 17.0. The van der Waals surface area contributed by atoms with E-state index in [1.165, 1.54) is 23.1 Å². The zero-order valence-electron chi connectivity index (χ0n) is 17.0. The number of rotatable bonds is 4. The van der Waals surface area contributed by atoms with Gasteiger partial charge in [-0.2, -0.15) is 13.2 Å². The van der Waals surface area contributed by atoms with Crippen LogP contribution >= 0.6 is 0 Å². The van der Waals surface area contributed by atoms with Crippen molar-refractivity contribution >= 4 is 17.7 Å². The van der Waals surface area contributed by atoms with Crippen molar-refractivity contribution in [2.75, 3.05) is 26.2 Å². The first-order chi connectivity index (χ1) is 15.2. The van der Waals surface area contributed by atoms with Gasteiger partial charge in [-0.25, -0.2) is 9.79 Å². The molecule has 1 aliphatic heterocycles. The van der Waals surface area contributed by atoms with Crippen molar-refractivity contribution in [2.45, 2.75) is 24.6 Å². The second-order valence-corrected chi connectivity index (χ2v) is 7.81. The van der Waals surface area contributed by atoms with Crippen LogP contribution in [-0.2, 0) is 11.0 Å². The molecule has 7 nitrogen and oxygen atoms in total. The molecule has 10 heteroatoms. The van der Waals surface area contributed by atoms with Crippen molar-refractivity contribution in [3.63, 3.8) is 0 Å². The summed E-state index contributed by atoms with van der Waals surface area (Å²) < 4.78 is 39.9. The van der Waals surface area contributed by atoms with Crippen molar-refractivity contribution in [3.8, 4) is 0 Å². The van der Waals surface area contributed by atoms with Crippen molar-refractivity contribution in [1.29, 1.82) is 0 Å². The number of carbonyl (C=O) groups is 2. The maximum absolute atomic E-state index is 13.3. The quantitative estimate of drug-likeness (QED) is 0.577. The minimum atomic E-state index is -4.62. The third-order valence-electron chi connectivity index (χ3n) is 5.66. The number of carbonyl (C=O) groups excluding carboxylic acids is 1. The predicted molar refractivity (Wildman–Crippen MR) is 109 cm³/mol. The lowest BCUT2D eigenvalue weighted by atomic mass is 10.1. The van der Waals surface area contributed by atoms with Crippen LogP contribution in [0.1, 0.15) is 34.5 Å². The molecule has 32 heavy (non-hydrogen) atoms. The number of pyridine rings is 1. The van der Waals surface area contributed by atoms with Gasteiger partial charge in [0.2, 0.25) is 0 Å². The molecule has 1 amide bonds. The van der Waals surface area contributed by atoms with E-state index in [9.17, 15) is 27.9 Å². The van der Waals surface area contributed by atoms with Crippen molar-refractivity contribution in [3.05, 3.63) is 65.5 Å². The zero-order chi connectivity index (χ0) is 22.9. The summed E-state index contributed by atoms with van der Waals surface area (Å²) in [6.45, 7) is 0.948. The fourth-order valence-corrected chi connectivity index (χ4v) is 3.69. The lowest BCUT2D eigenvalue weighted by molar-refractivity contribution is -0.139. The van der Waals surface area contributed by atoms with Crippen LogP contribution in [0.15, 0.2) is 53.7 Å². The normalized spacial score (nSPS) is 18.4. The number of hydrogen-bond donors (Lipinski definition) is 1. The fraction of sp³-hybridized carbons (Fsp3) is 0.364. The Morgan fingerprint density at radius 3 is 2.16 bits per heavy atom. The molecule has 168 valence electrons. The largest absolute Gasteiger partial charge is 0.479 e. The molecule has 2 heterocycles. The standard InChI is InChI=1S/C22H21F3N4O3/c23-22(24,25)16-6-2-1-5-15(16)19(30)29-13-11-28(12-14-29)18(17-7-3-4-10-26-17)27-21(8-9-21)20(31)32/h1-7,10H,8-9,11-14H2,(H,31,32)/b27-18+. The number of aliphatic carboxylic acids is 1. The second kappa shape index (κ2) is 8.25. The van der Waals surface area contributed by atoms with Gasteiger partial charge >= 0.3 is 12.1 Å². The molecule has 1 N–H and O–H groups in total. The first-order valence-electron chi connectivity index (χ1n) is 10.2. The number of hydrogen-bond acceptors (Lipinski definition) is 4. The lowest BCUT2D eigenvalue weighted by Gasteiger charge is -2.37. The number of carboxylic acid groups (broad SMARTS) is 1. The van der Waals surface area contributed by atoms with Gasteiger partial charge in [0.25, 0.3) is 5.91 Å². The van der Waals surface area contributed by atoms with Crippen LogP contribution in [0, 0.1) is 0 Å². The molecule has 1 aliphatic carbocycles. The summed E-state index contributed by atoms with van der Waals surface area (Å²) in [5.41, 5.74) is -1.98. The van der Waals surface area contributed by atoms with Gasteiger partial charge in [0.15, 0.2) is 11.4 Å². The van der Waals surface area contributed by atoms with Gasteiger partial charge in [0.1, 0.15) is 5.69 Å². The monoisotopic (exact) mass is 446 g/mol. The van der Waals surface area contributed by atoms with Crippen molar-refractivity contribution < 1.29 is 27.9 Å². The van der Waals surface area contributed by atoms with Crippen LogP contribution < -0.4 is 0 Å². The van der Waals surface area contributed by atoms with E-state index in [-0.39, 0.29) is 18.7 Å². The number of amidine groups is 1. The van der Waals surface area contributed by atoms with Crippen LogP contribution in [0.2, 0.25) is 0 Å². The predicted octanol–water partition coefficient (Wildman–Crippen LogP) is 2.92. The van der Waals surface area contributed by atoms with Crippen LogP contribution in [0.4, 0.5) is 13.2 Å². The maximum Gasteiger partial charge on any atom is 0.417 e. The number of piperazine rings is 1. The van der Waals surface area contributed by atoms with E-state index in [1.54, 1.807) is 24.4 Å². The van der Waals surface area contributed by atoms with E-state index in [2.05, 4.69) is 9.98 Å². The summed E-state index contributed by atoms with van der Waals surface area (Å²) in [4.78, 5) is 36.5. The Labute approximate surface area is 182 Å². The summed E-state index contributed by atoms with van der Waals surface area (Å²) in [5, 5.41) is 9.54. The fourth-order valence-electron chi connectivity index (χ4n) is 3.69. The molecule has 1 aromatic carbocycles. The summed E-state index contributed by atoms with van der Waals surface area (Å²) in [5.74, 6) is -1.25. The first-order valence-corrected chi connectivity index (χ1v) is 10.2. The number of carboxylic acids is 1. The van der Waals surface area contributed by atoms with Gasteiger partial charge in [-0.3, -0.25) is 9.78 Å². The molecule has 0 unspecified atom stereocenters. The van der Waals surface area contributed by atoms with Crippen LogP contribution in [0.3, 0.4) is 0 Å². The number of benzene rings is 1. The van der Waals surface area contributed by atoms with E-state index in [1.807, 2.05) is 4.90 Å². The number of alkyl halides is 3. The van der Waals surface area contributed by atoms with Gasteiger partial charge in [-0.15, -0.1) is 0 Å². The Morgan fingerprint density at radius 2 is 1.59 bits per heavy atom. The molecule has 1 saturated carbocycles. The molecular formula is C22H21F3N4O3. The minimum absolute atomic E-state index is 0.178. The molecule has 2 aromatic rings. The Hall–Kier alpha value is -3.43. The molecule has 0 spiro atoms. The van der Waals surface area contributed by atoms with Gasteiger partial charge < -0.3 is 14.9 Å². The Bertz CT molecular complexity index is 1040. The van der Waals surface area contributed by atoms with Crippen LogP contribution in [-0.4, -0.2) is 69.3 Å². The molecule has 2 aliphatic rings. The molecule has 1 saturated heterocycles. The highest BCUT2D eigenvalue weighted by Gasteiger charge is 2.51. The average molecular weight is 446 g/mol. The smallest absolute Gasteiger partial charge is 0.417 e. The summed E-state index contributed by atoms with van der Waals surface area (Å²) in [6.07, 6.45) is -2.17. The van der Waals surface area contributed by atoms with E-state index >= 15 is 0 Å². The Kier molecular flexibility index (Phi) is 5.62. The molecule has 0 atom stereocenters. The summed E-state index contributed by atoms with van der Waals surface area (Å²) in [6, 6.07) is 9.98. The number of aliphatic imine (C=N–C) groups is 1. The average Bonchev–Trinajstić information content (AvgIpc) is 3.58. The Balaban J connectivity index is 1.54. The number of nitrogens with zero attached hydrogens (tertiary/aromatic N) is 4. The molecule has 4 rings (SSSR count). The van der Waals surface area contributed by atoms with Crippen LogP contribution in [0.25, 0.3) is 0 Å². The molecule has 2 fully saturated rings. The molecule has 0 radical (unpaired) electrons. The number of aromatic nitrogens is 1. The van der Waals surface area contributed by atoms with Gasteiger partial charge in [0.05, 0.1) is 11.1 Å². The van der Waals surface area contributed by atoms with Gasteiger partial charge in [-0.1, -0.05) is 18.2 Å². The van der Waals surface area contributed by atoms with Crippen molar-refractivity contribution in [2.24, 2.45) is 4.99 Å². The van der Waals surface area contributed by atoms with Crippen LogP contribution in [0.5, 0.6) is 0 Å². The van der Waals surface area contributed by atoms with E-state index < -0.39 is 29.2 Å². The molecular weight excluding hydrogens is 425 g/mol. The van der Waals surface area contributed by atoms with Gasteiger partial charge in [-0.05, 0) is 37.1 Å². The SMILES string of the molecule is O=C(c1ccccc1C(F)(F)F)N1CCN(/C(=N/C2(C(=O)O)CC2)c2ccccn2)CC1. The van der Waals surface area contributed by atoms with Gasteiger partial charge in [0, 0.05) is 32.4 Å². The third-order valence-corrected chi connectivity index (χ3v) is 5.66. The highest BCUT2D eigenvalue weighted by molar-refractivity contribution is 6.00. The minimum Gasteiger partial charge on any atom is -0.479 e. The maximum atomic E-state index is 13.3. The second-order valence-electron chi connectivity index (χ2n) is 7.81. The highest BCUT2D eigenvalue weighted by atomic mass is 19.4. The topological polar surface area (TPSA) is 86.1 Å². The highest BCUT2D eigenvalue weighted by Crippen LogP contribution is 2.40. The van der Waals surface area contributed by atoms with E-state index in [0.29, 0.717) is 37.5 Å². The molecule has 1 aromatic heterocycles. The first kappa shape index (κ1) is 21.8. The number of amides is 1. The van der Waals surface area contributed by atoms with Crippen molar-refractivity contribution in [1.82, 2.24) is 14.8 Å². The van der Waals surface area contributed by atoms with E-state index in [4.69, 9.17) is 0 Å².